The lowest BCUT2D eigenvalue weighted by Crippen LogP contribution is -2.38. The number of aliphatic imine (C=N–C) groups is 1. The molecule has 2 atom stereocenters. The van der Waals surface area contributed by atoms with Gasteiger partial charge in [0.1, 0.15) is 11.7 Å². The fourth-order valence-electron chi connectivity index (χ4n) is 3.95. The number of carbonyl (C=O) groups is 2. The highest BCUT2D eigenvalue weighted by atomic mass is 35.5. The van der Waals surface area contributed by atoms with Gasteiger partial charge in [0.05, 0.1) is 7.11 Å². The zero-order valence-electron chi connectivity index (χ0n) is 18.1. The Morgan fingerprint density at radius 2 is 1.94 bits per heavy atom. The van der Waals surface area contributed by atoms with E-state index in [-0.39, 0.29) is 12.5 Å². The van der Waals surface area contributed by atoms with E-state index in [2.05, 4.69) is 10.3 Å². The lowest BCUT2D eigenvalue weighted by Gasteiger charge is -2.31. The molecule has 2 aromatic rings. The zero-order valence-corrected chi connectivity index (χ0v) is 18.9. The molecular weight excluding hydrogens is 428 g/mol. The summed E-state index contributed by atoms with van der Waals surface area (Å²) in [6.45, 7) is 3.65. The van der Waals surface area contributed by atoms with Gasteiger partial charge < -0.3 is 15.2 Å². The third kappa shape index (κ3) is 5.08. The van der Waals surface area contributed by atoms with Crippen molar-refractivity contribution in [3.63, 3.8) is 0 Å². The lowest BCUT2D eigenvalue weighted by atomic mass is 9.75. The van der Waals surface area contributed by atoms with Gasteiger partial charge in [-0.2, -0.15) is 0 Å². The first-order valence-electron chi connectivity index (χ1n) is 10.2. The minimum absolute atomic E-state index is 0.260. The molecule has 0 aromatic heterocycles. The van der Waals surface area contributed by atoms with E-state index in [0.717, 1.165) is 11.3 Å². The third-order valence-corrected chi connectivity index (χ3v) is 5.60. The van der Waals surface area contributed by atoms with Crippen molar-refractivity contribution in [2.45, 2.75) is 19.8 Å². The van der Waals surface area contributed by atoms with Crippen molar-refractivity contribution in [3.8, 4) is 5.75 Å². The van der Waals surface area contributed by atoms with Crippen LogP contribution in [0.1, 0.15) is 30.9 Å². The van der Waals surface area contributed by atoms with Gasteiger partial charge in [-0.3, -0.25) is 14.6 Å². The minimum atomic E-state index is -1.04. The maximum Gasteiger partial charge on any atom is 0.313 e. The number of benzene rings is 2. The minimum Gasteiger partial charge on any atom is -0.496 e. The summed E-state index contributed by atoms with van der Waals surface area (Å²) in [6.07, 6.45) is 3.67. The highest BCUT2D eigenvalue weighted by Crippen LogP contribution is 2.39. The molecule has 0 radical (unpaired) electrons. The Balaban J connectivity index is 1.87. The van der Waals surface area contributed by atoms with E-state index in [1.165, 1.54) is 0 Å². The van der Waals surface area contributed by atoms with Crippen molar-refractivity contribution in [2.24, 2.45) is 10.9 Å². The van der Waals surface area contributed by atoms with Crippen LogP contribution >= 0.6 is 11.6 Å². The summed E-state index contributed by atoms with van der Waals surface area (Å²) in [7, 11) is 1.60. The summed E-state index contributed by atoms with van der Waals surface area (Å²) in [5, 5.41) is 13.2. The van der Waals surface area contributed by atoms with Gasteiger partial charge in [-0.25, -0.2) is 0 Å². The molecule has 2 N–H and O–H groups in total. The van der Waals surface area contributed by atoms with Crippen LogP contribution in [0.4, 0.5) is 0 Å². The monoisotopic (exact) mass is 452 g/mol. The molecule has 1 aliphatic rings. The number of amides is 1. The molecule has 1 aliphatic heterocycles. The Bertz CT molecular complexity index is 1120. The first kappa shape index (κ1) is 23.3. The molecule has 3 rings (SSSR count). The van der Waals surface area contributed by atoms with Gasteiger partial charge in [-0.1, -0.05) is 54.1 Å². The quantitative estimate of drug-likeness (QED) is 0.636. The Hall–Kier alpha value is -3.38. The van der Waals surface area contributed by atoms with E-state index in [0.29, 0.717) is 27.6 Å². The fraction of sp³-hybridized carbons (Fsp3) is 0.240. The number of hydrogen-bond acceptors (Lipinski definition) is 4. The number of allylic oxidation sites excluding steroid dienone is 1. The van der Waals surface area contributed by atoms with E-state index in [4.69, 9.17) is 16.3 Å². The number of carbonyl (C=O) groups excluding carboxylic acids is 1. The third-order valence-electron chi connectivity index (χ3n) is 5.36. The largest absolute Gasteiger partial charge is 0.496 e. The van der Waals surface area contributed by atoms with Gasteiger partial charge in [0.15, 0.2) is 0 Å². The Labute approximate surface area is 192 Å². The van der Waals surface area contributed by atoms with Crippen LogP contribution in [0.5, 0.6) is 5.75 Å². The van der Waals surface area contributed by atoms with Gasteiger partial charge in [0.2, 0.25) is 5.91 Å². The highest BCUT2D eigenvalue weighted by molar-refractivity contribution is 6.30. The average molecular weight is 453 g/mol. The second-order valence-electron chi connectivity index (χ2n) is 7.46. The van der Waals surface area contributed by atoms with E-state index >= 15 is 0 Å². The second kappa shape index (κ2) is 10.3. The summed E-state index contributed by atoms with van der Waals surface area (Å²) in [4.78, 5) is 29.6. The van der Waals surface area contributed by atoms with Crippen molar-refractivity contribution < 1.29 is 19.4 Å². The molecule has 0 saturated heterocycles. The van der Waals surface area contributed by atoms with Gasteiger partial charge in [-0.05, 0) is 37.6 Å². The smallest absolute Gasteiger partial charge is 0.313 e. The van der Waals surface area contributed by atoms with Crippen LogP contribution in [-0.4, -0.2) is 36.3 Å². The van der Waals surface area contributed by atoms with Crippen LogP contribution in [-0.2, 0) is 9.59 Å². The van der Waals surface area contributed by atoms with Crippen LogP contribution < -0.4 is 10.1 Å². The Kier molecular flexibility index (Phi) is 7.49. The van der Waals surface area contributed by atoms with Crippen LogP contribution in [0.2, 0.25) is 5.02 Å². The molecule has 166 valence electrons. The summed E-state index contributed by atoms with van der Waals surface area (Å²) in [5.41, 5.74) is 2.83. The van der Waals surface area contributed by atoms with E-state index < -0.39 is 17.8 Å². The number of halogens is 1. The molecule has 0 bridgehead atoms. The number of aliphatic carboxylic acids is 1. The number of nitrogens with zero attached hydrogens (tertiary/aromatic N) is 1. The molecule has 7 heteroatoms. The number of para-hydroxylation sites is 1. The molecule has 6 nitrogen and oxygen atoms in total. The van der Waals surface area contributed by atoms with Gasteiger partial charge in [0.25, 0.3) is 0 Å². The molecule has 1 amide bonds. The Morgan fingerprint density at radius 3 is 2.62 bits per heavy atom. The second-order valence-corrected chi connectivity index (χ2v) is 7.89. The first-order chi connectivity index (χ1) is 15.3. The van der Waals surface area contributed by atoms with Crippen LogP contribution in [0.3, 0.4) is 0 Å². The van der Waals surface area contributed by atoms with Crippen molar-refractivity contribution in [1.29, 1.82) is 0 Å². The van der Waals surface area contributed by atoms with Crippen molar-refractivity contribution in [1.82, 2.24) is 5.32 Å². The van der Waals surface area contributed by atoms with Gasteiger partial charge >= 0.3 is 5.97 Å². The number of hydrogen-bond donors (Lipinski definition) is 2. The zero-order chi connectivity index (χ0) is 23.3. The SMILES string of the molecule is COc1ccccc1C=CCNC(=O)C1=C(C)N=C(C)C(C(=O)O)C1c1cccc(Cl)c1. The normalized spacial score (nSPS) is 18.4. The predicted molar refractivity (Wildman–Crippen MR) is 126 cm³/mol. The van der Waals surface area contributed by atoms with Crippen LogP contribution in [0, 0.1) is 5.92 Å². The molecule has 0 fully saturated rings. The van der Waals surface area contributed by atoms with Crippen molar-refractivity contribution in [3.05, 3.63) is 82.0 Å². The predicted octanol–water partition coefficient (Wildman–Crippen LogP) is 4.71. The van der Waals surface area contributed by atoms with Gasteiger partial charge in [-0.15, -0.1) is 0 Å². The van der Waals surface area contributed by atoms with Crippen LogP contribution in [0.25, 0.3) is 6.08 Å². The number of methoxy groups -OCH3 is 1. The molecule has 2 unspecified atom stereocenters. The first-order valence-corrected chi connectivity index (χ1v) is 10.5. The standard InChI is InChI=1S/C25H25ClN2O4/c1-15-21(24(29)27-13-7-10-17-8-4-5-12-20(17)32-3)23(18-9-6-11-19(26)14-18)22(25(30)31)16(2)28-15/h4-12,14,22-23H,13H2,1-3H3,(H,27,29)(H,30,31). The number of carboxylic acid groups (broad SMARTS) is 1. The Morgan fingerprint density at radius 1 is 1.19 bits per heavy atom. The van der Waals surface area contributed by atoms with E-state index in [1.54, 1.807) is 45.2 Å². The summed E-state index contributed by atoms with van der Waals surface area (Å²) < 4.78 is 5.32. The molecule has 1 heterocycles. The van der Waals surface area contributed by atoms with Crippen LogP contribution in [0.15, 0.2) is 70.9 Å². The fourth-order valence-corrected chi connectivity index (χ4v) is 4.15. The lowest BCUT2D eigenvalue weighted by molar-refractivity contribution is -0.139. The molecular formula is C25H25ClN2O4. The number of carboxylic acids is 1. The maximum absolute atomic E-state index is 13.2. The van der Waals surface area contributed by atoms with Crippen molar-refractivity contribution in [2.75, 3.05) is 13.7 Å². The summed E-state index contributed by atoms with van der Waals surface area (Å²) >= 11 is 6.16. The van der Waals surface area contributed by atoms with Gasteiger partial charge in [0, 0.05) is 40.0 Å². The summed E-state index contributed by atoms with van der Waals surface area (Å²) in [5.74, 6) is -2.32. The molecule has 32 heavy (non-hydrogen) atoms. The molecule has 2 aromatic carbocycles. The number of rotatable bonds is 7. The van der Waals surface area contributed by atoms with Crippen molar-refractivity contribution >= 4 is 35.3 Å². The average Bonchev–Trinajstić information content (AvgIpc) is 2.76. The molecule has 0 spiro atoms. The molecule has 0 saturated carbocycles. The number of nitrogens with one attached hydrogen (secondary N) is 1. The van der Waals surface area contributed by atoms with E-state index in [9.17, 15) is 14.7 Å². The highest BCUT2D eigenvalue weighted by Gasteiger charge is 2.40. The maximum atomic E-state index is 13.2. The summed E-state index contributed by atoms with van der Waals surface area (Å²) in [6, 6.07) is 14.5. The molecule has 0 aliphatic carbocycles. The number of ether oxygens (including phenoxy) is 1. The van der Waals surface area contributed by atoms with E-state index in [1.807, 2.05) is 36.4 Å². The topological polar surface area (TPSA) is 88.0 Å².